The Morgan fingerprint density at radius 1 is 1.33 bits per heavy atom. The number of likely N-dealkylation sites (N-methyl/N-ethyl adjacent to an activating group) is 1. The van der Waals surface area contributed by atoms with Crippen molar-refractivity contribution < 1.29 is 4.74 Å². The number of likely N-dealkylation sites (tertiary alicyclic amines) is 1. The maximum atomic E-state index is 5.84. The molecule has 0 aliphatic carbocycles. The number of piperidine rings is 1. The molecule has 0 saturated carbocycles. The van der Waals surface area contributed by atoms with Gasteiger partial charge in [-0.05, 0) is 40.3 Å². The average Bonchev–Trinajstić information content (AvgIpc) is 2.33. The molecule has 1 fully saturated rings. The third-order valence-electron chi connectivity index (χ3n) is 3.58. The van der Waals surface area contributed by atoms with Gasteiger partial charge in [0.25, 0.3) is 0 Å². The van der Waals surface area contributed by atoms with Gasteiger partial charge in [-0.3, -0.25) is 0 Å². The van der Waals surface area contributed by atoms with Crippen molar-refractivity contribution >= 4 is 5.82 Å². The SMILES string of the molecule is Cc1nc(N)c(C)c(OCC2CCCCN2C)n1. The molecule has 1 aromatic heterocycles. The summed E-state index contributed by atoms with van der Waals surface area (Å²) in [6.45, 7) is 5.55. The van der Waals surface area contributed by atoms with Crippen molar-refractivity contribution in [2.45, 2.75) is 39.2 Å². The predicted molar refractivity (Wildman–Crippen MR) is 71.7 cm³/mol. The van der Waals surface area contributed by atoms with Crippen LogP contribution in [0.2, 0.25) is 0 Å². The number of aromatic nitrogens is 2. The van der Waals surface area contributed by atoms with E-state index in [9.17, 15) is 0 Å². The van der Waals surface area contributed by atoms with Crippen molar-refractivity contribution in [3.8, 4) is 5.88 Å². The molecule has 1 unspecified atom stereocenters. The Bertz CT molecular complexity index is 422. The summed E-state index contributed by atoms with van der Waals surface area (Å²) in [5.41, 5.74) is 6.65. The van der Waals surface area contributed by atoms with E-state index in [0.29, 0.717) is 30.2 Å². The summed E-state index contributed by atoms with van der Waals surface area (Å²) in [7, 11) is 2.15. The fourth-order valence-electron chi connectivity index (χ4n) is 2.29. The molecule has 100 valence electrons. The molecule has 1 atom stereocenters. The van der Waals surface area contributed by atoms with Crippen molar-refractivity contribution in [1.29, 1.82) is 0 Å². The lowest BCUT2D eigenvalue weighted by Gasteiger charge is -2.32. The normalized spacial score (nSPS) is 20.9. The van der Waals surface area contributed by atoms with Gasteiger partial charge in [-0.25, -0.2) is 4.98 Å². The number of rotatable bonds is 3. The van der Waals surface area contributed by atoms with E-state index in [1.54, 1.807) is 0 Å². The topological polar surface area (TPSA) is 64.3 Å². The van der Waals surface area contributed by atoms with Crippen LogP contribution in [0.3, 0.4) is 0 Å². The van der Waals surface area contributed by atoms with E-state index >= 15 is 0 Å². The van der Waals surface area contributed by atoms with Crippen molar-refractivity contribution in [3.63, 3.8) is 0 Å². The number of hydrogen-bond donors (Lipinski definition) is 1. The minimum Gasteiger partial charge on any atom is -0.476 e. The predicted octanol–water partition coefficient (Wildman–Crippen LogP) is 1.54. The fraction of sp³-hybridized carbons (Fsp3) is 0.692. The molecule has 1 aromatic rings. The largest absolute Gasteiger partial charge is 0.476 e. The van der Waals surface area contributed by atoms with Gasteiger partial charge in [-0.2, -0.15) is 4.98 Å². The molecule has 1 saturated heterocycles. The Hall–Kier alpha value is -1.36. The van der Waals surface area contributed by atoms with Crippen LogP contribution >= 0.6 is 0 Å². The zero-order valence-electron chi connectivity index (χ0n) is 11.4. The Kier molecular flexibility index (Phi) is 4.01. The van der Waals surface area contributed by atoms with Crippen LogP contribution in [0.25, 0.3) is 0 Å². The molecule has 5 heteroatoms. The molecule has 5 nitrogen and oxygen atoms in total. The molecule has 0 radical (unpaired) electrons. The van der Waals surface area contributed by atoms with E-state index in [0.717, 1.165) is 12.1 Å². The van der Waals surface area contributed by atoms with Gasteiger partial charge in [0.05, 0.1) is 5.56 Å². The number of nitrogens with two attached hydrogens (primary N) is 1. The van der Waals surface area contributed by atoms with E-state index in [4.69, 9.17) is 10.5 Å². The van der Waals surface area contributed by atoms with Gasteiger partial charge in [0, 0.05) is 6.04 Å². The Balaban J connectivity index is 2.01. The average molecular weight is 250 g/mol. The van der Waals surface area contributed by atoms with Gasteiger partial charge in [0.2, 0.25) is 5.88 Å². The van der Waals surface area contributed by atoms with Crippen molar-refractivity contribution in [2.24, 2.45) is 0 Å². The molecule has 0 bridgehead atoms. The Labute approximate surface area is 108 Å². The van der Waals surface area contributed by atoms with Crippen LogP contribution < -0.4 is 10.5 Å². The van der Waals surface area contributed by atoms with Gasteiger partial charge >= 0.3 is 0 Å². The standard InChI is InChI=1S/C13H22N4O/c1-9-12(14)15-10(2)16-13(9)18-8-11-6-4-5-7-17(11)3/h11H,4-8H2,1-3H3,(H2,14,15,16). The molecule has 0 amide bonds. The molecule has 2 N–H and O–H groups in total. The van der Waals surface area contributed by atoms with Gasteiger partial charge in [-0.15, -0.1) is 0 Å². The second kappa shape index (κ2) is 5.52. The number of hydrogen-bond acceptors (Lipinski definition) is 5. The molecule has 2 heterocycles. The second-order valence-electron chi connectivity index (χ2n) is 5.03. The van der Waals surface area contributed by atoms with Gasteiger partial charge < -0.3 is 15.4 Å². The monoisotopic (exact) mass is 250 g/mol. The van der Waals surface area contributed by atoms with E-state index < -0.39 is 0 Å². The number of nitrogen functional groups attached to an aromatic ring is 1. The van der Waals surface area contributed by atoms with Crippen molar-refractivity contribution in [3.05, 3.63) is 11.4 Å². The number of nitrogens with zero attached hydrogens (tertiary/aromatic N) is 3. The first kappa shape index (κ1) is 13.1. The zero-order valence-corrected chi connectivity index (χ0v) is 11.4. The van der Waals surface area contributed by atoms with Gasteiger partial charge in [0.1, 0.15) is 18.2 Å². The summed E-state index contributed by atoms with van der Waals surface area (Å²) in [6.07, 6.45) is 3.75. The van der Waals surface area contributed by atoms with Crippen LogP contribution in [0.15, 0.2) is 0 Å². The molecule has 1 aliphatic heterocycles. The van der Waals surface area contributed by atoms with Crippen molar-refractivity contribution in [2.75, 3.05) is 25.9 Å². The number of ether oxygens (including phenoxy) is 1. The summed E-state index contributed by atoms with van der Waals surface area (Å²) in [4.78, 5) is 10.8. The quantitative estimate of drug-likeness (QED) is 0.881. The first-order valence-electron chi connectivity index (χ1n) is 6.51. The van der Waals surface area contributed by atoms with Gasteiger partial charge in [0.15, 0.2) is 0 Å². The van der Waals surface area contributed by atoms with Crippen LogP contribution in [-0.2, 0) is 0 Å². The van der Waals surface area contributed by atoms with Crippen LogP contribution in [0.1, 0.15) is 30.7 Å². The Morgan fingerprint density at radius 2 is 2.11 bits per heavy atom. The van der Waals surface area contributed by atoms with Crippen LogP contribution in [-0.4, -0.2) is 41.1 Å². The zero-order chi connectivity index (χ0) is 13.1. The minimum atomic E-state index is 0.481. The highest BCUT2D eigenvalue weighted by Gasteiger charge is 2.20. The number of aryl methyl sites for hydroxylation is 1. The van der Waals surface area contributed by atoms with E-state index in [2.05, 4.69) is 21.9 Å². The third kappa shape index (κ3) is 2.90. The van der Waals surface area contributed by atoms with E-state index in [1.165, 1.54) is 19.3 Å². The molecule has 0 aromatic carbocycles. The van der Waals surface area contributed by atoms with Crippen LogP contribution in [0, 0.1) is 13.8 Å². The van der Waals surface area contributed by atoms with E-state index in [-0.39, 0.29) is 0 Å². The molecule has 0 spiro atoms. The lowest BCUT2D eigenvalue weighted by molar-refractivity contribution is 0.122. The highest BCUT2D eigenvalue weighted by molar-refractivity contribution is 5.44. The highest BCUT2D eigenvalue weighted by atomic mass is 16.5. The molecule has 1 aliphatic rings. The lowest BCUT2D eigenvalue weighted by Crippen LogP contribution is -2.40. The first-order valence-corrected chi connectivity index (χ1v) is 6.51. The summed E-state index contributed by atoms with van der Waals surface area (Å²) < 4.78 is 5.84. The second-order valence-corrected chi connectivity index (χ2v) is 5.03. The minimum absolute atomic E-state index is 0.481. The summed E-state index contributed by atoms with van der Waals surface area (Å²) in [6, 6.07) is 0.481. The molecule has 2 rings (SSSR count). The van der Waals surface area contributed by atoms with Crippen LogP contribution in [0.5, 0.6) is 5.88 Å². The fourth-order valence-corrected chi connectivity index (χ4v) is 2.29. The maximum Gasteiger partial charge on any atom is 0.221 e. The smallest absolute Gasteiger partial charge is 0.221 e. The number of anilines is 1. The summed E-state index contributed by atoms with van der Waals surface area (Å²) >= 11 is 0. The summed E-state index contributed by atoms with van der Waals surface area (Å²) in [5, 5.41) is 0. The summed E-state index contributed by atoms with van der Waals surface area (Å²) in [5.74, 6) is 1.79. The van der Waals surface area contributed by atoms with Crippen LogP contribution in [0.4, 0.5) is 5.82 Å². The first-order chi connectivity index (χ1) is 8.58. The maximum absolute atomic E-state index is 5.84. The highest BCUT2D eigenvalue weighted by Crippen LogP contribution is 2.21. The molecular weight excluding hydrogens is 228 g/mol. The Morgan fingerprint density at radius 3 is 2.83 bits per heavy atom. The van der Waals surface area contributed by atoms with Crippen molar-refractivity contribution in [1.82, 2.24) is 14.9 Å². The molecular formula is C13H22N4O. The lowest BCUT2D eigenvalue weighted by atomic mass is 10.0. The van der Waals surface area contributed by atoms with Gasteiger partial charge in [-0.1, -0.05) is 6.42 Å². The van der Waals surface area contributed by atoms with E-state index in [1.807, 2.05) is 13.8 Å². The third-order valence-corrected chi connectivity index (χ3v) is 3.58. The molecule has 18 heavy (non-hydrogen) atoms.